The van der Waals surface area contributed by atoms with E-state index < -0.39 is 17.5 Å². The zero-order valence-electron chi connectivity index (χ0n) is 13.2. The van der Waals surface area contributed by atoms with Crippen LogP contribution in [0.25, 0.3) is 5.82 Å². The monoisotopic (exact) mass is 317 g/mol. The zero-order chi connectivity index (χ0) is 17.2. The fourth-order valence-corrected chi connectivity index (χ4v) is 2.25. The second-order valence-electron chi connectivity index (χ2n) is 5.57. The van der Waals surface area contributed by atoms with Gasteiger partial charge < -0.3 is 20.1 Å². The van der Waals surface area contributed by atoms with E-state index >= 15 is 0 Å². The molecule has 0 saturated carbocycles. The van der Waals surface area contributed by atoms with E-state index in [1.807, 2.05) is 23.6 Å². The van der Waals surface area contributed by atoms with E-state index in [2.05, 4.69) is 10.3 Å². The maximum Gasteiger partial charge on any atom is 0.337 e. The number of amides is 1. The standard InChI is InChI=1S/C16H19N3O4/c1-10-8-12(14(20)18-9-16(3,23)15(21)22)11(2)19(10)13-6-4-5-7-17-13/h4-8,23H,9H2,1-3H3,(H,18,20)(H,21,22). The molecule has 7 nitrogen and oxygen atoms in total. The lowest BCUT2D eigenvalue weighted by molar-refractivity contribution is -0.155. The highest BCUT2D eigenvalue weighted by Gasteiger charge is 2.30. The van der Waals surface area contributed by atoms with Crippen LogP contribution in [0.15, 0.2) is 30.5 Å². The summed E-state index contributed by atoms with van der Waals surface area (Å²) in [7, 11) is 0. The number of carbonyl (C=O) groups is 2. The van der Waals surface area contributed by atoms with Crippen molar-refractivity contribution in [3.8, 4) is 5.82 Å². The van der Waals surface area contributed by atoms with E-state index in [9.17, 15) is 14.7 Å². The lowest BCUT2D eigenvalue weighted by Crippen LogP contribution is -2.46. The number of hydrogen-bond acceptors (Lipinski definition) is 4. The van der Waals surface area contributed by atoms with E-state index in [1.54, 1.807) is 25.3 Å². The van der Waals surface area contributed by atoms with Crippen LogP contribution in [-0.2, 0) is 4.79 Å². The van der Waals surface area contributed by atoms with Crippen molar-refractivity contribution in [2.24, 2.45) is 0 Å². The Morgan fingerprint density at radius 1 is 1.35 bits per heavy atom. The fourth-order valence-electron chi connectivity index (χ4n) is 2.25. The predicted molar refractivity (Wildman–Crippen MR) is 83.6 cm³/mol. The summed E-state index contributed by atoms with van der Waals surface area (Å²) in [4.78, 5) is 27.4. The van der Waals surface area contributed by atoms with Gasteiger partial charge in [-0.3, -0.25) is 4.79 Å². The van der Waals surface area contributed by atoms with Gasteiger partial charge in [-0.2, -0.15) is 0 Å². The number of aromatic nitrogens is 2. The number of aliphatic hydroxyl groups is 1. The number of aliphatic carboxylic acids is 1. The molecule has 0 aliphatic heterocycles. The second-order valence-corrected chi connectivity index (χ2v) is 5.57. The molecule has 0 fully saturated rings. The molecule has 2 aromatic rings. The molecule has 2 aromatic heterocycles. The first-order valence-electron chi connectivity index (χ1n) is 7.08. The van der Waals surface area contributed by atoms with Crippen molar-refractivity contribution in [3.63, 3.8) is 0 Å². The van der Waals surface area contributed by atoms with Gasteiger partial charge in [-0.25, -0.2) is 9.78 Å². The van der Waals surface area contributed by atoms with Crippen LogP contribution in [0.3, 0.4) is 0 Å². The number of nitrogens with zero attached hydrogens (tertiary/aromatic N) is 2. The highest BCUT2D eigenvalue weighted by Crippen LogP contribution is 2.19. The number of aryl methyl sites for hydroxylation is 1. The molecule has 0 aromatic carbocycles. The minimum absolute atomic E-state index is 0.381. The van der Waals surface area contributed by atoms with Gasteiger partial charge in [0.15, 0.2) is 5.60 Å². The summed E-state index contributed by atoms with van der Waals surface area (Å²) in [6, 6.07) is 7.19. The predicted octanol–water partition coefficient (Wildman–Crippen LogP) is 1.05. The van der Waals surface area contributed by atoms with Crippen LogP contribution in [0.5, 0.6) is 0 Å². The van der Waals surface area contributed by atoms with E-state index in [0.717, 1.165) is 12.6 Å². The smallest absolute Gasteiger partial charge is 0.337 e. The van der Waals surface area contributed by atoms with Crippen LogP contribution in [0.2, 0.25) is 0 Å². The van der Waals surface area contributed by atoms with Gasteiger partial charge in [0.1, 0.15) is 5.82 Å². The molecule has 0 bridgehead atoms. The molecular formula is C16H19N3O4. The maximum absolute atomic E-state index is 12.3. The molecular weight excluding hydrogens is 298 g/mol. The van der Waals surface area contributed by atoms with Crippen LogP contribution in [0, 0.1) is 13.8 Å². The Bertz CT molecular complexity index is 735. The molecule has 1 amide bonds. The van der Waals surface area contributed by atoms with Gasteiger partial charge in [-0.05, 0) is 39.0 Å². The molecule has 1 unspecified atom stereocenters. The molecule has 0 spiro atoms. The van der Waals surface area contributed by atoms with E-state index in [4.69, 9.17) is 5.11 Å². The third-order valence-electron chi connectivity index (χ3n) is 3.61. The highest BCUT2D eigenvalue weighted by molar-refractivity contribution is 5.96. The van der Waals surface area contributed by atoms with Gasteiger partial charge in [0, 0.05) is 17.6 Å². The summed E-state index contributed by atoms with van der Waals surface area (Å²) in [5, 5.41) is 21.0. The molecule has 122 valence electrons. The number of carboxylic acid groups (broad SMARTS) is 1. The molecule has 0 aliphatic rings. The summed E-state index contributed by atoms with van der Waals surface area (Å²) in [5.41, 5.74) is -0.0818. The Labute approximate surface area is 133 Å². The van der Waals surface area contributed by atoms with Crippen molar-refractivity contribution in [1.29, 1.82) is 0 Å². The molecule has 0 aliphatic carbocycles. The van der Waals surface area contributed by atoms with Crippen molar-refractivity contribution >= 4 is 11.9 Å². The molecule has 2 rings (SSSR count). The number of nitrogens with one attached hydrogen (secondary N) is 1. The summed E-state index contributed by atoms with van der Waals surface area (Å²) in [5.74, 6) is -1.14. The number of carboxylic acids is 1. The number of pyridine rings is 1. The minimum Gasteiger partial charge on any atom is -0.479 e. The Morgan fingerprint density at radius 2 is 2.04 bits per heavy atom. The lowest BCUT2D eigenvalue weighted by Gasteiger charge is -2.18. The SMILES string of the molecule is Cc1cc(C(=O)NCC(C)(O)C(=O)O)c(C)n1-c1ccccn1. The molecule has 0 saturated heterocycles. The van der Waals surface area contributed by atoms with E-state index in [0.29, 0.717) is 17.1 Å². The Balaban J connectivity index is 2.25. The van der Waals surface area contributed by atoms with Crippen LogP contribution in [0.4, 0.5) is 0 Å². The van der Waals surface area contributed by atoms with Gasteiger partial charge in [0.25, 0.3) is 5.91 Å². The molecule has 0 radical (unpaired) electrons. The Morgan fingerprint density at radius 3 is 2.61 bits per heavy atom. The van der Waals surface area contributed by atoms with Gasteiger partial charge in [0.05, 0.1) is 12.1 Å². The first-order chi connectivity index (χ1) is 10.7. The van der Waals surface area contributed by atoms with Crippen LogP contribution in [0.1, 0.15) is 28.7 Å². The molecule has 7 heteroatoms. The number of hydrogen-bond donors (Lipinski definition) is 3. The van der Waals surface area contributed by atoms with Gasteiger partial charge in [-0.15, -0.1) is 0 Å². The maximum atomic E-state index is 12.3. The first-order valence-corrected chi connectivity index (χ1v) is 7.08. The van der Waals surface area contributed by atoms with Gasteiger partial charge in [-0.1, -0.05) is 6.07 Å². The summed E-state index contributed by atoms with van der Waals surface area (Å²) in [6.45, 7) is 4.39. The summed E-state index contributed by atoms with van der Waals surface area (Å²) >= 11 is 0. The van der Waals surface area contributed by atoms with Crippen molar-refractivity contribution in [2.45, 2.75) is 26.4 Å². The van der Waals surface area contributed by atoms with E-state index in [-0.39, 0.29) is 6.54 Å². The number of carbonyl (C=O) groups excluding carboxylic acids is 1. The molecule has 23 heavy (non-hydrogen) atoms. The van der Waals surface area contributed by atoms with Gasteiger partial charge in [0.2, 0.25) is 0 Å². The largest absolute Gasteiger partial charge is 0.479 e. The van der Waals surface area contributed by atoms with Crippen LogP contribution in [-0.4, -0.2) is 43.8 Å². The lowest BCUT2D eigenvalue weighted by atomic mass is 10.1. The highest BCUT2D eigenvalue weighted by atomic mass is 16.4. The third kappa shape index (κ3) is 3.40. The first kappa shape index (κ1) is 16.7. The second kappa shape index (κ2) is 6.21. The van der Waals surface area contributed by atoms with Crippen LogP contribution >= 0.6 is 0 Å². The minimum atomic E-state index is -2.01. The summed E-state index contributed by atoms with van der Waals surface area (Å²) in [6.07, 6.45) is 1.66. The molecule has 1 atom stereocenters. The van der Waals surface area contributed by atoms with Crippen molar-refractivity contribution in [2.75, 3.05) is 6.54 Å². The van der Waals surface area contributed by atoms with E-state index in [1.165, 1.54) is 0 Å². The third-order valence-corrected chi connectivity index (χ3v) is 3.61. The Hall–Kier alpha value is -2.67. The Kier molecular flexibility index (Phi) is 4.51. The van der Waals surface area contributed by atoms with Crippen molar-refractivity contribution in [1.82, 2.24) is 14.9 Å². The topological polar surface area (TPSA) is 104 Å². The van der Waals surface area contributed by atoms with Crippen molar-refractivity contribution in [3.05, 3.63) is 47.4 Å². The average molecular weight is 317 g/mol. The fraction of sp³-hybridized carbons (Fsp3) is 0.312. The van der Waals surface area contributed by atoms with Crippen LogP contribution < -0.4 is 5.32 Å². The number of rotatable bonds is 5. The van der Waals surface area contributed by atoms with Crippen molar-refractivity contribution < 1.29 is 19.8 Å². The molecule has 3 N–H and O–H groups in total. The molecule has 2 heterocycles. The average Bonchev–Trinajstić information content (AvgIpc) is 2.80. The van der Waals surface area contributed by atoms with Gasteiger partial charge >= 0.3 is 5.97 Å². The quantitative estimate of drug-likeness (QED) is 0.765. The summed E-state index contributed by atoms with van der Waals surface area (Å²) < 4.78 is 1.84. The zero-order valence-corrected chi connectivity index (χ0v) is 13.2. The normalized spacial score (nSPS) is 13.4.